The maximum Gasteiger partial charge on any atom is 0.000724 e. The third-order valence-corrected chi connectivity index (χ3v) is 3.39. The summed E-state index contributed by atoms with van der Waals surface area (Å²) in [4.78, 5) is 2.65. The molecule has 1 aliphatic rings. The van der Waals surface area contributed by atoms with Gasteiger partial charge in [-0.2, -0.15) is 12.6 Å². The van der Waals surface area contributed by atoms with E-state index in [2.05, 4.69) is 31.4 Å². The second-order valence-corrected chi connectivity index (χ2v) is 5.44. The van der Waals surface area contributed by atoms with Crippen molar-refractivity contribution in [2.24, 2.45) is 11.8 Å². The van der Waals surface area contributed by atoms with Gasteiger partial charge in [0.25, 0.3) is 0 Å². The van der Waals surface area contributed by atoms with Crippen molar-refractivity contribution in [3.63, 3.8) is 0 Å². The first-order valence-corrected chi connectivity index (χ1v) is 6.69. The fourth-order valence-electron chi connectivity index (χ4n) is 2.60. The largest absolute Gasteiger partial charge is 0.303 e. The van der Waals surface area contributed by atoms with E-state index < -0.39 is 0 Å². The molecule has 0 saturated carbocycles. The number of hydrogen-bond acceptors (Lipinski definition) is 2. The van der Waals surface area contributed by atoms with Crippen LogP contribution in [0.5, 0.6) is 0 Å². The maximum atomic E-state index is 4.24. The monoisotopic (exact) mass is 215 g/mol. The number of nitrogens with zero attached hydrogens (tertiary/aromatic N) is 1. The number of hydrogen-bond donors (Lipinski definition) is 1. The molecule has 1 heterocycles. The first-order chi connectivity index (χ1) is 6.72. The molecule has 0 aromatic carbocycles. The molecule has 84 valence electrons. The van der Waals surface area contributed by atoms with Crippen LogP contribution in [0.4, 0.5) is 0 Å². The van der Waals surface area contributed by atoms with Crippen molar-refractivity contribution in [3.8, 4) is 0 Å². The molecule has 1 aliphatic heterocycles. The van der Waals surface area contributed by atoms with E-state index in [1.807, 2.05) is 0 Å². The molecule has 14 heavy (non-hydrogen) atoms. The number of unbranched alkanes of at least 4 members (excludes halogenated alkanes) is 2. The van der Waals surface area contributed by atoms with Gasteiger partial charge >= 0.3 is 0 Å². The van der Waals surface area contributed by atoms with Crippen LogP contribution in [0.1, 0.15) is 39.5 Å². The van der Waals surface area contributed by atoms with Gasteiger partial charge in [-0.25, -0.2) is 0 Å². The molecule has 0 aromatic heterocycles. The Balaban J connectivity index is 2.10. The van der Waals surface area contributed by atoms with Crippen molar-refractivity contribution in [1.29, 1.82) is 0 Å². The second-order valence-electron chi connectivity index (χ2n) is 4.99. The van der Waals surface area contributed by atoms with Crippen LogP contribution in [-0.4, -0.2) is 30.3 Å². The third kappa shape index (κ3) is 4.70. The van der Waals surface area contributed by atoms with Crippen molar-refractivity contribution < 1.29 is 0 Å². The first-order valence-electron chi connectivity index (χ1n) is 6.05. The van der Waals surface area contributed by atoms with Gasteiger partial charge in [0.2, 0.25) is 0 Å². The van der Waals surface area contributed by atoms with Gasteiger partial charge in [-0.05, 0) is 43.4 Å². The minimum absolute atomic E-state index is 0.906. The number of thiol groups is 1. The molecule has 0 aliphatic carbocycles. The van der Waals surface area contributed by atoms with Crippen LogP contribution in [0.15, 0.2) is 0 Å². The highest BCUT2D eigenvalue weighted by Crippen LogP contribution is 2.21. The minimum atomic E-state index is 0.906. The molecule has 1 fully saturated rings. The lowest BCUT2D eigenvalue weighted by atomic mass is 9.92. The quantitative estimate of drug-likeness (QED) is 0.545. The average Bonchev–Trinajstić information content (AvgIpc) is 2.11. The van der Waals surface area contributed by atoms with E-state index in [1.54, 1.807) is 0 Å². The van der Waals surface area contributed by atoms with Gasteiger partial charge in [0, 0.05) is 13.1 Å². The maximum absolute atomic E-state index is 4.24. The Morgan fingerprint density at radius 2 is 1.71 bits per heavy atom. The van der Waals surface area contributed by atoms with Crippen molar-refractivity contribution in [3.05, 3.63) is 0 Å². The molecule has 0 N–H and O–H groups in total. The minimum Gasteiger partial charge on any atom is -0.303 e. The van der Waals surface area contributed by atoms with Crippen LogP contribution in [0.2, 0.25) is 0 Å². The molecule has 0 spiro atoms. The van der Waals surface area contributed by atoms with Crippen LogP contribution in [0, 0.1) is 11.8 Å². The summed E-state index contributed by atoms with van der Waals surface area (Å²) in [6.07, 6.45) is 5.41. The molecule has 1 nitrogen and oxygen atoms in total. The predicted octanol–water partition coefficient (Wildman–Crippen LogP) is 3.06. The van der Waals surface area contributed by atoms with Gasteiger partial charge < -0.3 is 4.90 Å². The summed E-state index contributed by atoms with van der Waals surface area (Å²) in [6, 6.07) is 0. The predicted molar refractivity (Wildman–Crippen MR) is 67.1 cm³/mol. The summed E-state index contributed by atoms with van der Waals surface area (Å²) in [5, 5.41) is 0. The summed E-state index contributed by atoms with van der Waals surface area (Å²) in [5.41, 5.74) is 0. The van der Waals surface area contributed by atoms with E-state index in [9.17, 15) is 0 Å². The molecule has 0 aromatic rings. The molecule has 0 radical (unpaired) electrons. The summed E-state index contributed by atoms with van der Waals surface area (Å²) < 4.78 is 0. The Labute approximate surface area is 94.7 Å². The van der Waals surface area contributed by atoms with Gasteiger partial charge in [0.05, 0.1) is 0 Å². The van der Waals surface area contributed by atoms with Gasteiger partial charge in [-0.1, -0.05) is 20.3 Å². The van der Waals surface area contributed by atoms with Crippen molar-refractivity contribution >= 4 is 12.6 Å². The smallest absolute Gasteiger partial charge is 0.000724 e. The zero-order chi connectivity index (χ0) is 10.4. The molecular formula is C12H25NS. The summed E-state index contributed by atoms with van der Waals surface area (Å²) in [5.74, 6) is 2.86. The molecule has 1 rings (SSSR count). The number of piperidine rings is 1. The standard InChI is InChI=1S/C12H25NS/c1-11-8-12(2)10-13(9-11)6-4-3-5-7-14/h11-12,14H,3-10H2,1-2H3. The van der Waals surface area contributed by atoms with E-state index in [4.69, 9.17) is 0 Å². The van der Waals surface area contributed by atoms with Crippen molar-refractivity contribution in [2.45, 2.75) is 39.5 Å². The normalized spacial score (nSPS) is 29.4. The van der Waals surface area contributed by atoms with Crippen LogP contribution in [-0.2, 0) is 0 Å². The molecule has 1 saturated heterocycles. The summed E-state index contributed by atoms with van der Waals surface area (Å²) in [7, 11) is 0. The Hall–Kier alpha value is 0.310. The Morgan fingerprint density at radius 3 is 2.29 bits per heavy atom. The zero-order valence-corrected chi connectivity index (χ0v) is 10.6. The van der Waals surface area contributed by atoms with E-state index in [1.165, 1.54) is 45.3 Å². The van der Waals surface area contributed by atoms with Gasteiger partial charge in [0.15, 0.2) is 0 Å². The highest BCUT2D eigenvalue weighted by molar-refractivity contribution is 7.80. The molecule has 2 heteroatoms. The number of rotatable bonds is 5. The topological polar surface area (TPSA) is 3.24 Å². The zero-order valence-electron chi connectivity index (χ0n) is 9.71. The fraction of sp³-hybridized carbons (Fsp3) is 1.00. The van der Waals surface area contributed by atoms with Crippen molar-refractivity contribution in [2.75, 3.05) is 25.4 Å². The van der Waals surface area contributed by atoms with Crippen LogP contribution < -0.4 is 0 Å². The number of likely N-dealkylation sites (tertiary alicyclic amines) is 1. The first kappa shape index (κ1) is 12.4. The van der Waals surface area contributed by atoms with E-state index >= 15 is 0 Å². The molecule has 0 bridgehead atoms. The second kappa shape index (κ2) is 6.73. The van der Waals surface area contributed by atoms with Gasteiger partial charge in [0.1, 0.15) is 0 Å². The lowest BCUT2D eigenvalue weighted by Gasteiger charge is -2.34. The van der Waals surface area contributed by atoms with Gasteiger partial charge in [-0.3, -0.25) is 0 Å². The molecule has 2 unspecified atom stereocenters. The molecule has 0 amide bonds. The Kier molecular flexibility index (Phi) is 5.95. The van der Waals surface area contributed by atoms with E-state index in [0.717, 1.165) is 17.6 Å². The van der Waals surface area contributed by atoms with Crippen molar-refractivity contribution in [1.82, 2.24) is 4.90 Å². The van der Waals surface area contributed by atoms with Crippen LogP contribution in [0.25, 0.3) is 0 Å². The fourth-order valence-corrected chi connectivity index (χ4v) is 2.82. The van der Waals surface area contributed by atoms with E-state index in [0.29, 0.717) is 0 Å². The third-order valence-electron chi connectivity index (χ3n) is 3.08. The average molecular weight is 215 g/mol. The lowest BCUT2D eigenvalue weighted by molar-refractivity contribution is 0.139. The molecular weight excluding hydrogens is 190 g/mol. The molecule has 2 atom stereocenters. The lowest BCUT2D eigenvalue weighted by Crippen LogP contribution is -2.39. The SMILES string of the molecule is CC1CC(C)CN(CCCCCS)C1. The van der Waals surface area contributed by atoms with E-state index in [-0.39, 0.29) is 0 Å². The summed E-state index contributed by atoms with van der Waals surface area (Å²) >= 11 is 4.24. The van der Waals surface area contributed by atoms with Crippen LogP contribution >= 0.6 is 12.6 Å². The highest BCUT2D eigenvalue weighted by atomic mass is 32.1. The Morgan fingerprint density at radius 1 is 1.07 bits per heavy atom. The Bertz CT molecular complexity index is 139. The van der Waals surface area contributed by atoms with Gasteiger partial charge in [-0.15, -0.1) is 0 Å². The van der Waals surface area contributed by atoms with Crippen LogP contribution in [0.3, 0.4) is 0 Å². The summed E-state index contributed by atoms with van der Waals surface area (Å²) in [6.45, 7) is 8.73. The highest BCUT2D eigenvalue weighted by Gasteiger charge is 2.20.